The Morgan fingerprint density at radius 1 is 1.08 bits per heavy atom. The topological polar surface area (TPSA) is 32.6 Å². The Labute approximate surface area is 160 Å². The maximum Gasteiger partial charge on any atom is 0.137 e. The number of hydrogen-bond donors (Lipinski definition) is 1. The zero-order chi connectivity index (χ0) is 17.2. The maximum absolute atomic E-state index is 6.07. The first kappa shape index (κ1) is 17.0. The summed E-state index contributed by atoms with van der Waals surface area (Å²) in [6.45, 7) is 5.18. The summed E-state index contributed by atoms with van der Waals surface area (Å²) >= 11 is 9.65. The Morgan fingerprint density at radius 2 is 1.92 bits per heavy atom. The quantitative estimate of drug-likeness (QED) is 0.690. The van der Waals surface area contributed by atoms with Crippen LogP contribution < -0.4 is 5.32 Å². The van der Waals surface area contributed by atoms with Crippen molar-refractivity contribution in [2.45, 2.75) is 13.0 Å². The summed E-state index contributed by atoms with van der Waals surface area (Å²) in [6, 6.07) is 12.0. The van der Waals surface area contributed by atoms with E-state index in [1.54, 1.807) is 0 Å². The second-order valence-corrected chi connectivity index (χ2v) is 7.72. The van der Waals surface area contributed by atoms with Crippen molar-refractivity contribution in [1.29, 1.82) is 0 Å². The van der Waals surface area contributed by atoms with E-state index in [1.165, 1.54) is 12.1 Å². The van der Waals surface area contributed by atoms with E-state index in [9.17, 15) is 0 Å². The first-order valence-electron chi connectivity index (χ1n) is 8.56. The van der Waals surface area contributed by atoms with Crippen molar-refractivity contribution in [2.75, 3.05) is 26.2 Å². The average molecular weight is 420 g/mol. The molecule has 0 bridgehead atoms. The van der Waals surface area contributed by atoms with Crippen molar-refractivity contribution < 1.29 is 0 Å². The van der Waals surface area contributed by atoms with E-state index < -0.39 is 0 Å². The van der Waals surface area contributed by atoms with E-state index >= 15 is 0 Å². The van der Waals surface area contributed by atoms with Gasteiger partial charge in [-0.15, -0.1) is 0 Å². The fourth-order valence-corrected chi connectivity index (χ4v) is 3.79. The van der Waals surface area contributed by atoms with Crippen LogP contribution >= 0.6 is 27.5 Å². The van der Waals surface area contributed by atoms with Crippen molar-refractivity contribution in [3.05, 3.63) is 57.8 Å². The van der Waals surface area contributed by atoms with Crippen LogP contribution in [0.4, 0.5) is 0 Å². The summed E-state index contributed by atoms with van der Waals surface area (Å²) in [7, 11) is 0. The van der Waals surface area contributed by atoms with Gasteiger partial charge in [0.2, 0.25) is 0 Å². The zero-order valence-electron chi connectivity index (χ0n) is 13.9. The lowest BCUT2D eigenvalue weighted by Gasteiger charge is -2.20. The highest BCUT2D eigenvalue weighted by molar-refractivity contribution is 9.10. The van der Waals surface area contributed by atoms with E-state index in [1.807, 2.05) is 30.3 Å². The highest BCUT2D eigenvalue weighted by Gasteiger charge is 2.18. The third-order valence-corrected chi connectivity index (χ3v) is 5.33. The minimum absolute atomic E-state index is 0.746. The van der Waals surface area contributed by atoms with E-state index in [4.69, 9.17) is 16.6 Å². The summed E-state index contributed by atoms with van der Waals surface area (Å²) in [5, 5.41) is 4.22. The van der Waals surface area contributed by atoms with Gasteiger partial charge >= 0.3 is 0 Å². The molecule has 1 aliphatic heterocycles. The van der Waals surface area contributed by atoms with Gasteiger partial charge in [-0.05, 0) is 59.7 Å². The molecule has 1 aliphatic rings. The zero-order valence-corrected chi connectivity index (χ0v) is 16.2. The van der Waals surface area contributed by atoms with E-state index in [0.717, 1.165) is 59.1 Å². The molecule has 3 heterocycles. The van der Waals surface area contributed by atoms with Crippen LogP contribution in [0.15, 0.2) is 47.1 Å². The van der Waals surface area contributed by atoms with Gasteiger partial charge in [0.05, 0.1) is 11.4 Å². The molecule has 0 saturated carbocycles. The van der Waals surface area contributed by atoms with Crippen LogP contribution in [-0.4, -0.2) is 40.5 Å². The second kappa shape index (κ2) is 7.46. The van der Waals surface area contributed by atoms with Crippen LogP contribution in [0.1, 0.15) is 12.1 Å². The summed E-state index contributed by atoms with van der Waals surface area (Å²) < 4.78 is 3.26. The molecule has 130 valence electrons. The molecule has 0 radical (unpaired) electrons. The number of pyridine rings is 1. The normalized spacial score (nSPS) is 16.2. The molecule has 0 spiro atoms. The molecule has 1 saturated heterocycles. The fraction of sp³-hybridized carbons (Fsp3) is 0.316. The Hall–Kier alpha value is -1.40. The number of imidazole rings is 1. The summed E-state index contributed by atoms with van der Waals surface area (Å²) in [4.78, 5) is 7.40. The lowest BCUT2D eigenvalue weighted by Crippen LogP contribution is -2.28. The van der Waals surface area contributed by atoms with Gasteiger partial charge < -0.3 is 9.72 Å². The number of benzene rings is 1. The smallest absolute Gasteiger partial charge is 0.137 e. The minimum Gasteiger partial charge on any atom is -0.315 e. The molecule has 1 fully saturated rings. The Balaban J connectivity index is 1.79. The molecule has 25 heavy (non-hydrogen) atoms. The molecule has 2 aromatic heterocycles. The molecule has 0 amide bonds. The van der Waals surface area contributed by atoms with Gasteiger partial charge in [-0.2, -0.15) is 0 Å². The average Bonchev–Trinajstić information content (AvgIpc) is 2.79. The van der Waals surface area contributed by atoms with Crippen molar-refractivity contribution in [3.63, 3.8) is 0 Å². The molecular formula is C19H20BrClN4. The molecule has 0 atom stereocenters. The van der Waals surface area contributed by atoms with Gasteiger partial charge in [0.25, 0.3) is 0 Å². The van der Waals surface area contributed by atoms with E-state index in [-0.39, 0.29) is 0 Å². The second-order valence-electron chi connectivity index (χ2n) is 6.37. The minimum atomic E-state index is 0.746. The van der Waals surface area contributed by atoms with Crippen LogP contribution in [-0.2, 0) is 6.54 Å². The highest BCUT2D eigenvalue weighted by Crippen LogP contribution is 2.28. The van der Waals surface area contributed by atoms with Gasteiger partial charge in [0.1, 0.15) is 5.65 Å². The number of nitrogens with one attached hydrogen (secondary N) is 1. The molecular weight excluding hydrogens is 400 g/mol. The van der Waals surface area contributed by atoms with Crippen LogP contribution in [0.25, 0.3) is 16.9 Å². The highest BCUT2D eigenvalue weighted by atomic mass is 79.9. The maximum atomic E-state index is 6.07. The number of aromatic nitrogens is 2. The Morgan fingerprint density at radius 3 is 2.76 bits per heavy atom. The SMILES string of the molecule is Clc1ccc(-c2nc3ccc(Br)cn3c2CN2CCCNCC2)cc1. The Bertz CT molecular complexity index is 867. The third-order valence-electron chi connectivity index (χ3n) is 4.61. The van der Waals surface area contributed by atoms with Crippen molar-refractivity contribution in [1.82, 2.24) is 19.6 Å². The number of halogens is 2. The van der Waals surface area contributed by atoms with Gasteiger partial charge in [-0.3, -0.25) is 4.90 Å². The van der Waals surface area contributed by atoms with Gasteiger partial charge in [-0.25, -0.2) is 4.98 Å². The molecule has 4 nitrogen and oxygen atoms in total. The van der Waals surface area contributed by atoms with Crippen molar-refractivity contribution >= 4 is 33.2 Å². The molecule has 6 heteroatoms. The van der Waals surface area contributed by atoms with Gasteiger partial charge in [0.15, 0.2) is 0 Å². The lowest BCUT2D eigenvalue weighted by molar-refractivity contribution is 0.281. The van der Waals surface area contributed by atoms with Gasteiger partial charge in [0, 0.05) is 40.9 Å². The molecule has 1 N–H and O–H groups in total. The third kappa shape index (κ3) is 3.75. The standard InChI is InChI=1S/C19H20BrClN4/c20-15-4-7-18-23-19(14-2-5-16(21)6-3-14)17(25(18)12-15)13-24-10-1-8-22-9-11-24/h2-7,12,22H,1,8-11,13H2. The first-order valence-corrected chi connectivity index (χ1v) is 9.73. The van der Waals surface area contributed by atoms with Crippen LogP contribution in [0.5, 0.6) is 0 Å². The number of hydrogen-bond acceptors (Lipinski definition) is 3. The van der Waals surface area contributed by atoms with Crippen molar-refractivity contribution in [2.24, 2.45) is 0 Å². The van der Waals surface area contributed by atoms with Crippen LogP contribution in [0.2, 0.25) is 5.02 Å². The van der Waals surface area contributed by atoms with E-state index in [2.05, 4.69) is 42.8 Å². The predicted octanol–water partition coefficient (Wildman–Crippen LogP) is 4.21. The molecule has 0 unspecified atom stereocenters. The van der Waals surface area contributed by atoms with E-state index in [0.29, 0.717) is 0 Å². The monoisotopic (exact) mass is 418 g/mol. The molecule has 3 aromatic rings. The molecule has 0 aliphatic carbocycles. The largest absolute Gasteiger partial charge is 0.315 e. The summed E-state index contributed by atoms with van der Waals surface area (Å²) in [5.74, 6) is 0. The van der Waals surface area contributed by atoms with Crippen LogP contribution in [0.3, 0.4) is 0 Å². The van der Waals surface area contributed by atoms with Crippen molar-refractivity contribution in [3.8, 4) is 11.3 Å². The number of rotatable bonds is 3. The Kier molecular flexibility index (Phi) is 5.08. The number of fused-ring (bicyclic) bond motifs is 1. The molecule has 4 rings (SSSR count). The fourth-order valence-electron chi connectivity index (χ4n) is 3.33. The predicted molar refractivity (Wildman–Crippen MR) is 106 cm³/mol. The lowest BCUT2D eigenvalue weighted by atomic mass is 10.1. The van der Waals surface area contributed by atoms with Crippen LogP contribution in [0, 0.1) is 0 Å². The summed E-state index contributed by atoms with van der Waals surface area (Å²) in [6.07, 6.45) is 3.28. The molecule has 1 aromatic carbocycles. The first-order chi connectivity index (χ1) is 12.2. The van der Waals surface area contributed by atoms with Gasteiger partial charge in [-0.1, -0.05) is 23.7 Å². The number of nitrogens with zero attached hydrogens (tertiary/aromatic N) is 3. The summed E-state index contributed by atoms with van der Waals surface area (Å²) in [5.41, 5.74) is 4.33.